The average Bonchev–Trinajstić information content (AvgIpc) is 3.39. The second-order valence-corrected chi connectivity index (χ2v) is 13.0. The standard InChI is InChI=1S/C34H34F4N6O6/c1-17-9-19-10-20(11-23(25(19)40-13-17)43-30(47)42-14-31(2,3)48)28(45)41-15-33(49,34(36,37)38)24-12-22-27(50-16-32(22,4)29(39)46)26(44-24)18-5-7-21(35)8-6-18/h5-13,48-49H,14-16H2,1-4H3,(H2,39,46)(H,41,45)(H2,42,43,47)/t32-,33?/m0/s1. The minimum atomic E-state index is -5.43. The van der Waals surface area contributed by atoms with Gasteiger partial charge in [-0.15, -0.1) is 0 Å². The number of fused-ring (bicyclic) bond motifs is 2. The molecule has 1 unspecified atom stereocenters. The van der Waals surface area contributed by atoms with Crippen LogP contribution in [0.3, 0.4) is 0 Å². The summed E-state index contributed by atoms with van der Waals surface area (Å²) in [5.41, 5.74) is -1.39. The number of amides is 4. The molecule has 1 aliphatic heterocycles. The maximum absolute atomic E-state index is 14.9. The number of aryl methyl sites for hydroxylation is 1. The first-order chi connectivity index (χ1) is 23.2. The van der Waals surface area contributed by atoms with Crippen molar-refractivity contribution < 1.29 is 46.9 Å². The molecule has 2 aromatic carbocycles. The third kappa shape index (κ3) is 7.02. The summed E-state index contributed by atoms with van der Waals surface area (Å²) in [5.74, 6) is -2.67. The van der Waals surface area contributed by atoms with E-state index in [0.29, 0.717) is 10.9 Å². The van der Waals surface area contributed by atoms with Gasteiger partial charge in [-0.05, 0) is 81.8 Å². The molecule has 1 aliphatic rings. The van der Waals surface area contributed by atoms with Gasteiger partial charge in [-0.2, -0.15) is 13.2 Å². The highest BCUT2D eigenvalue weighted by atomic mass is 19.4. The number of aromatic nitrogens is 2. The molecule has 4 amide bonds. The van der Waals surface area contributed by atoms with Gasteiger partial charge in [0.15, 0.2) is 0 Å². The molecule has 12 nitrogen and oxygen atoms in total. The van der Waals surface area contributed by atoms with Crippen molar-refractivity contribution in [1.29, 1.82) is 0 Å². The van der Waals surface area contributed by atoms with Crippen LogP contribution >= 0.6 is 0 Å². The van der Waals surface area contributed by atoms with Crippen LogP contribution < -0.4 is 26.4 Å². The van der Waals surface area contributed by atoms with Gasteiger partial charge in [-0.1, -0.05) is 0 Å². The third-order valence-electron chi connectivity index (χ3n) is 8.24. The minimum absolute atomic E-state index is 0.0435. The van der Waals surface area contributed by atoms with E-state index in [9.17, 15) is 42.2 Å². The summed E-state index contributed by atoms with van der Waals surface area (Å²) in [6, 6.07) is 8.90. The van der Waals surface area contributed by atoms with E-state index in [1.807, 2.05) is 0 Å². The van der Waals surface area contributed by atoms with E-state index in [1.165, 1.54) is 51.2 Å². The largest absolute Gasteiger partial charge is 0.489 e. The Labute approximate surface area is 283 Å². The summed E-state index contributed by atoms with van der Waals surface area (Å²) in [6.07, 6.45) is -3.91. The van der Waals surface area contributed by atoms with Gasteiger partial charge in [0, 0.05) is 34.8 Å². The van der Waals surface area contributed by atoms with E-state index in [-0.39, 0.29) is 52.5 Å². The number of benzene rings is 2. The minimum Gasteiger partial charge on any atom is -0.489 e. The molecule has 0 fully saturated rings. The van der Waals surface area contributed by atoms with Crippen molar-refractivity contribution in [3.8, 4) is 17.0 Å². The van der Waals surface area contributed by atoms with Crippen LogP contribution in [0.5, 0.6) is 5.75 Å². The number of nitrogens with one attached hydrogen (secondary N) is 3. The second-order valence-electron chi connectivity index (χ2n) is 13.0. The summed E-state index contributed by atoms with van der Waals surface area (Å²) < 4.78 is 64.0. The van der Waals surface area contributed by atoms with Gasteiger partial charge in [0.05, 0.1) is 29.0 Å². The summed E-state index contributed by atoms with van der Waals surface area (Å²) >= 11 is 0. The zero-order valence-corrected chi connectivity index (χ0v) is 27.3. The van der Waals surface area contributed by atoms with Crippen molar-refractivity contribution in [3.63, 3.8) is 0 Å². The molecule has 16 heteroatoms. The Morgan fingerprint density at radius 3 is 2.32 bits per heavy atom. The number of ether oxygens (including phenoxy) is 1. The topological polar surface area (TPSA) is 189 Å². The Balaban J connectivity index is 1.53. The van der Waals surface area contributed by atoms with Gasteiger partial charge in [0.25, 0.3) is 5.91 Å². The lowest BCUT2D eigenvalue weighted by atomic mass is 9.81. The van der Waals surface area contributed by atoms with E-state index in [4.69, 9.17) is 10.5 Å². The predicted molar refractivity (Wildman–Crippen MR) is 174 cm³/mol. The van der Waals surface area contributed by atoms with Gasteiger partial charge in [0.1, 0.15) is 29.3 Å². The van der Waals surface area contributed by atoms with Crippen molar-refractivity contribution in [3.05, 3.63) is 82.9 Å². The molecule has 7 N–H and O–H groups in total. The fraction of sp³-hybridized carbons (Fsp3) is 0.324. The number of rotatable bonds is 9. The van der Waals surface area contributed by atoms with E-state index >= 15 is 0 Å². The SMILES string of the molecule is Cc1cnc2c(NC(=O)NCC(C)(C)O)cc(C(=O)NCC(O)(c3cc4c(c(-c5ccc(F)cc5)n3)OC[C@]4(C)C(N)=O)C(F)(F)F)cc2c1. The number of alkyl halides is 3. The Bertz CT molecular complexity index is 2000. The van der Waals surface area contributed by atoms with Crippen molar-refractivity contribution in [2.75, 3.05) is 25.0 Å². The smallest absolute Gasteiger partial charge is 0.424 e. The van der Waals surface area contributed by atoms with Gasteiger partial charge < -0.3 is 36.6 Å². The Kier molecular flexibility index (Phi) is 9.23. The fourth-order valence-corrected chi connectivity index (χ4v) is 5.30. The molecule has 4 aromatic rings. The molecule has 0 saturated heterocycles. The van der Waals surface area contributed by atoms with Gasteiger partial charge in [0.2, 0.25) is 11.5 Å². The predicted octanol–water partition coefficient (Wildman–Crippen LogP) is 3.95. The van der Waals surface area contributed by atoms with Gasteiger partial charge in [-0.25, -0.2) is 14.2 Å². The Hall–Kier alpha value is -5.35. The van der Waals surface area contributed by atoms with Crippen LogP contribution in [-0.4, -0.2) is 69.5 Å². The van der Waals surface area contributed by atoms with E-state index in [2.05, 4.69) is 25.9 Å². The summed E-state index contributed by atoms with van der Waals surface area (Å²) in [6.45, 7) is 4.16. The number of urea groups is 1. The number of aliphatic hydroxyl groups is 2. The van der Waals surface area contributed by atoms with Crippen molar-refractivity contribution >= 4 is 34.4 Å². The van der Waals surface area contributed by atoms with E-state index in [1.54, 1.807) is 13.0 Å². The summed E-state index contributed by atoms with van der Waals surface area (Å²) in [5, 5.41) is 28.8. The molecule has 3 heterocycles. The van der Waals surface area contributed by atoms with Crippen molar-refractivity contribution in [2.45, 2.75) is 50.5 Å². The Morgan fingerprint density at radius 2 is 1.70 bits per heavy atom. The van der Waals surface area contributed by atoms with Crippen LogP contribution in [0.25, 0.3) is 22.2 Å². The second kappa shape index (κ2) is 12.8. The molecule has 0 saturated carbocycles. The van der Waals surface area contributed by atoms with E-state index in [0.717, 1.165) is 18.2 Å². The normalized spacial score (nSPS) is 17.0. The molecule has 0 aliphatic carbocycles. The number of anilines is 1. The number of primary amides is 1. The van der Waals surface area contributed by atoms with Crippen molar-refractivity contribution in [2.24, 2.45) is 5.73 Å². The summed E-state index contributed by atoms with van der Waals surface area (Å²) in [4.78, 5) is 46.9. The first kappa shape index (κ1) is 35.9. The number of nitrogens with two attached hydrogens (primary N) is 1. The first-order valence-electron chi connectivity index (χ1n) is 15.2. The molecule has 0 spiro atoms. The van der Waals surface area contributed by atoms with Crippen LogP contribution in [0.1, 0.15) is 48.0 Å². The third-order valence-corrected chi connectivity index (χ3v) is 8.24. The maximum Gasteiger partial charge on any atom is 0.424 e. The van der Waals surface area contributed by atoms with Crippen molar-refractivity contribution in [1.82, 2.24) is 20.6 Å². The van der Waals surface area contributed by atoms with Crippen LogP contribution in [0.15, 0.2) is 54.7 Å². The first-order valence-corrected chi connectivity index (χ1v) is 15.2. The quantitative estimate of drug-likeness (QED) is 0.142. The molecular weight excluding hydrogens is 664 g/mol. The zero-order chi connectivity index (χ0) is 36.8. The number of hydrogen-bond donors (Lipinski definition) is 6. The molecule has 2 aromatic heterocycles. The molecule has 264 valence electrons. The van der Waals surface area contributed by atoms with Crippen LogP contribution in [0, 0.1) is 12.7 Å². The van der Waals surface area contributed by atoms with Crippen LogP contribution in [0.4, 0.5) is 28.0 Å². The fourth-order valence-electron chi connectivity index (χ4n) is 5.30. The highest BCUT2D eigenvalue weighted by Crippen LogP contribution is 2.47. The van der Waals surface area contributed by atoms with Crippen LogP contribution in [0.2, 0.25) is 0 Å². The lowest BCUT2D eigenvalue weighted by Crippen LogP contribution is -2.51. The Morgan fingerprint density at radius 1 is 1.02 bits per heavy atom. The maximum atomic E-state index is 14.9. The molecule has 2 atom stereocenters. The average molecular weight is 699 g/mol. The molecule has 0 bridgehead atoms. The number of carbonyl (C=O) groups excluding carboxylic acids is 3. The number of pyridine rings is 2. The van der Waals surface area contributed by atoms with Gasteiger partial charge in [-0.3, -0.25) is 14.6 Å². The number of carbonyl (C=O) groups is 3. The number of halogens is 4. The number of hydrogen-bond acceptors (Lipinski definition) is 8. The monoisotopic (exact) mass is 698 g/mol. The van der Waals surface area contributed by atoms with E-state index < -0.39 is 58.7 Å². The summed E-state index contributed by atoms with van der Waals surface area (Å²) in [7, 11) is 0. The highest BCUT2D eigenvalue weighted by molar-refractivity contribution is 6.05. The lowest BCUT2D eigenvalue weighted by molar-refractivity contribution is -0.265. The zero-order valence-electron chi connectivity index (χ0n) is 27.3. The highest BCUT2D eigenvalue weighted by Gasteiger charge is 2.57. The molecular formula is C34H34F4N6O6. The lowest BCUT2D eigenvalue weighted by Gasteiger charge is -2.31. The number of nitrogens with zero attached hydrogens (tertiary/aromatic N) is 2. The molecule has 0 radical (unpaired) electrons. The molecule has 50 heavy (non-hydrogen) atoms. The van der Waals surface area contributed by atoms with Gasteiger partial charge >= 0.3 is 12.2 Å². The van der Waals surface area contributed by atoms with Crippen LogP contribution in [-0.2, 0) is 15.8 Å². The molecule has 5 rings (SSSR count).